The molecular weight excluding hydrogens is 306 g/mol. The van der Waals surface area contributed by atoms with E-state index in [9.17, 15) is 9.59 Å². The molecular formula is C19H25NO4. The molecule has 130 valence electrons. The number of likely N-dealkylation sites (tertiary alicyclic amines) is 1. The zero-order valence-electron chi connectivity index (χ0n) is 14.4. The highest BCUT2D eigenvalue weighted by molar-refractivity contribution is 5.84. The van der Waals surface area contributed by atoms with Crippen molar-refractivity contribution in [2.24, 2.45) is 0 Å². The monoisotopic (exact) mass is 331 g/mol. The van der Waals surface area contributed by atoms with Gasteiger partial charge in [-0.05, 0) is 31.2 Å². The Kier molecular flexibility index (Phi) is 6.15. The third-order valence-electron chi connectivity index (χ3n) is 4.71. The summed E-state index contributed by atoms with van der Waals surface area (Å²) in [6.45, 7) is 4.27. The van der Waals surface area contributed by atoms with Crippen molar-refractivity contribution in [3.05, 3.63) is 48.6 Å². The molecule has 5 nitrogen and oxygen atoms in total. The van der Waals surface area contributed by atoms with Crippen LogP contribution < -0.4 is 0 Å². The minimum Gasteiger partial charge on any atom is -0.468 e. The summed E-state index contributed by atoms with van der Waals surface area (Å²) < 4.78 is 10.1. The average Bonchev–Trinajstić information content (AvgIpc) is 2.62. The first-order chi connectivity index (χ1) is 11.6. The van der Waals surface area contributed by atoms with Gasteiger partial charge in [-0.25, -0.2) is 0 Å². The molecule has 5 heteroatoms. The van der Waals surface area contributed by atoms with Gasteiger partial charge in [0.1, 0.15) is 11.6 Å². The number of piperidine rings is 1. The number of carbonyl (C=O) groups is 2. The van der Waals surface area contributed by atoms with E-state index in [4.69, 9.17) is 9.47 Å². The number of rotatable bonds is 6. The number of ether oxygens (including phenoxy) is 2. The molecule has 0 aliphatic carbocycles. The lowest BCUT2D eigenvalue weighted by Gasteiger charge is -2.48. The van der Waals surface area contributed by atoms with Gasteiger partial charge in [0.25, 0.3) is 0 Å². The maximum atomic E-state index is 12.7. The lowest BCUT2D eigenvalue weighted by Crippen LogP contribution is -2.62. The molecule has 0 aromatic heterocycles. The van der Waals surface area contributed by atoms with Crippen molar-refractivity contribution in [3.8, 4) is 0 Å². The summed E-state index contributed by atoms with van der Waals surface area (Å²) in [6, 6.07) is 9.33. The van der Waals surface area contributed by atoms with Crippen LogP contribution in [0.1, 0.15) is 31.2 Å². The van der Waals surface area contributed by atoms with Crippen LogP contribution >= 0.6 is 0 Å². The van der Waals surface area contributed by atoms with Crippen LogP contribution in [0.4, 0.5) is 0 Å². The SMILES string of the molecule is C=CC[C@@]1(C(=O)OC)CCC[C@H](C(=O)OC)N1Cc1ccccc1. The van der Waals surface area contributed by atoms with Crippen LogP contribution in [0.5, 0.6) is 0 Å². The molecule has 0 unspecified atom stereocenters. The fourth-order valence-corrected chi connectivity index (χ4v) is 3.56. The van der Waals surface area contributed by atoms with E-state index < -0.39 is 11.6 Å². The molecule has 0 radical (unpaired) electrons. The number of nitrogens with zero attached hydrogens (tertiary/aromatic N) is 1. The third-order valence-corrected chi connectivity index (χ3v) is 4.71. The minimum absolute atomic E-state index is 0.317. The van der Waals surface area contributed by atoms with Gasteiger partial charge >= 0.3 is 11.9 Å². The zero-order chi connectivity index (χ0) is 17.6. The topological polar surface area (TPSA) is 55.8 Å². The van der Waals surface area contributed by atoms with Crippen LogP contribution in [0.2, 0.25) is 0 Å². The first kappa shape index (κ1) is 18.2. The van der Waals surface area contributed by atoms with Gasteiger partial charge in [0.05, 0.1) is 14.2 Å². The first-order valence-corrected chi connectivity index (χ1v) is 8.17. The number of carbonyl (C=O) groups excluding carboxylic acids is 2. The lowest BCUT2D eigenvalue weighted by molar-refractivity contribution is -0.169. The highest BCUT2D eigenvalue weighted by atomic mass is 16.5. The number of hydrogen-bond acceptors (Lipinski definition) is 5. The van der Waals surface area contributed by atoms with E-state index in [1.807, 2.05) is 35.2 Å². The van der Waals surface area contributed by atoms with Crippen molar-refractivity contribution in [2.75, 3.05) is 14.2 Å². The van der Waals surface area contributed by atoms with E-state index in [0.717, 1.165) is 12.0 Å². The smallest absolute Gasteiger partial charge is 0.326 e. The van der Waals surface area contributed by atoms with Gasteiger partial charge in [0.2, 0.25) is 0 Å². The number of hydrogen-bond donors (Lipinski definition) is 0. The molecule has 24 heavy (non-hydrogen) atoms. The van der Waals surface area contributed by atoms with Gasteiger partial charge in [-0.2, -0.15) is 0 Å². The van der Waals surface area contributed by atoms with Gasteiger partial charge in [0.15, 0.2) is 0 Å². The van der Waals surface area contributed by atoms with E-state index in [0.29, 0.717) is 25.8 Å². The van der Waals surface area contributed by atoms with E-state index in [2.05, 4.69) is 6.58 Å². The van der Waals surface area contributed by atoms with Crippen molar-refractivity contribution >= 4 is 11.9 Å². The molecule has 1 aliphatic rings. The summed E-state index contributed by atoms with van der Waals surface area (Å²) in [5.74, 6) is -0.644. The van der Waals surface area contributed by atoms with Crippen molar-refractivity contribution in [2.45, 2.75) is 43.8 Å². The van der Waals surface area contributed by atoms with Gasteiger partial charge < -0.3 is 9.47 Å². The molecule has 1 fully saturated rings. The molecule has 0 amide bonds. The number of esters is 2. The maximum Gasteiger partial charge on any atom is 0.326 e. The van der Waals surface area contributed by atoms with Crippen LogP contribution in [-0.2, 0) is 25.6 Å². The minimum atomic E-state index is -0.885. The highest BCUT2D eigenvalue weighted by Gasteiger charge is 2.51. The van der Waals surface area contributed by atoms with E-state index >= 15 is 0 Å². The fourth-order valence-electron chi connectivity index (χ4n) is 3.56. The van der Waals surface area contributed by atoms with Crippen LogP contribution in [-0.4, -0.2) is 42.6 Å². The Labute approximate surface area is 143 Å². The van der Waals surface area contributed by atoms with E-state index in [1.54, 1.807) is 6.08 Å². The average molecular weight is 331 g/mol. The molecule has 0 bridgehead atoms. The zero-order valence-corrected chi connectivity index (χ0v) is 14.4. The van der Waals surface area contributed by atoms with Gasteiger partial charge in [0, 0.05) is 6.54 Å². The van der Waals surface area contributed by atoms with Crippen LogP contribution in [0, 0.1) is 0 Å². The van der Waals surface area contributed by atoms with Crippen LogP contribution in [0.3, 0.4) is 0 Å². The Bertz CT molecular complexity index is 586. The van der Waals surface area contributed by atoms with Gasteiger partial charge in [-0.3, -0.25) is 14.5 Å². The summed E-state index contributed by atoms with van der Waals surface area (Å²) >= 11 is 0. The number of methoxy groups -OCH3 is 2. The normalized spacial score (nSPS) is 24.2. The molecule has 0 N–H and O–H groups in total. The van der Waals surface area contributed by atoms with Crippen LogP contribution in [0.15, 0.2) is 43.0 Å². The van der Waals surface area contributed by atoms with E-state index in [-0.39, 0.29) is 11.9 Å². The summed E-state index contributed by atoms with van der Waals surface area (Å²) in [6.07, 6.45) is 4.20. The largest absolute Gasteiger partial charge is 0.468 e. The predicted molar refractivity (Wildman–Crippen MR) is 91.2 cm³/mol. The summed E-state index contributed by atoms with van der Waals surface area (Å²) in [5, 5.41) is 0. The van der Waals surface area contributed by atoms with Crippen LogP contribution in [0.25, 0.3) is 0 Å². The van der Waals surface area contributed by atoms with Crippen molar-refractivity contribution < 1.29 is 19.1 Å². The standard InChI is InChI=1S/C19H25NO4/c1-4-12-19(18(22)24-3)13-8-11-16(17(21)23-2)20(19)14-15-9-6-5-7-10-15/h4-7,9-10,16H,1,8,11-14H2,2-3H3/t16-,19+/m1/s1. The molecule has 1 saturated heterocycles. The Morgan fingerprint density at radius 2 is 2.00 bits per heavy atom. The summed E-state index contributed by atoms with van der Waals surface area (Å²) in [5.41, 5.74) is 0.148. The Balaban J connectivity index is 2.46. The Morgan fingerprint density at radius 1 is 1.29 bits per heavy atom. The second kappa shape index (κ2) is 8.11. The Morgan fingerprint density at radius 3 is 2.58 bits per heavy atom. The molecule has 2 rings (SSSR count). The third kappa shape index (κ3) is 3.51. The van der Waals surface area contributed by atoms with Crippen molar-refractivity contribution in [1.82, 2.24) is 4.90 Å². The molecule has 1 aromatic rings. The Hall–Kier alpha value is -2.14. The molecule has 2 atom stereocenters. The molecule has 1 aromatic carbocycles. The summed E-state index contributed by atoms with van der Waals surface area (Å²) in [7, 11) is 2.76. The second-order valence-electron chi connectivity index (χ2n) is 6.06. The quantitative estimate of drug-likeness (QED) is 0.592. The predicted octanol–water partition coefficient (Wildman–Crippen LogP) is 2.70. The fraction of sp³-hybridized carbons (Fsp3) is 0.474. The van der Waals surface area contributed by atoms with Crippen molar-refractivity contribution in [1.29, 1.82) is 0 Å². The molecule has 0 spiro atoms. The molecule has 0 saturated carbocycles. The first-order valence-electron chi connectivity index (χ1n) is 8.17. The highest BCUT2D eigenvalue weighted by Crippen LogP contribution is 2.38. The maximum absolute atomic E-state index is 12.7. The van der Waals surface area contributed by atoms with E-state index in [1.165, 1.54) is 14.2 Å². The van der Waals surface area contributed by atoms with Crippen molar-refractivity contribution in [3.63, 3.8) is 0 Å². The second-order valence-corrected chi connectivity index (χ2v) is 6.06. The summed E-state index contributed by atoms with van der Waals surface area (Å²) in [4.78, 5) is 26.9. The number of benzene rings is 1. The van der Waals surface area contributed by atoms with Gasteiger partial charge in [-0.15, -0.1) is 6.58 Å². The lowest BCUT2D eigenvalue weighted by atomic mass is 9.80. The van der Waals surface area contributed by atoms with Gasteiger partial charge in [-0.1, -0.05) is 36.4 Å². The molecule has 1 aliphatic heterocycles. The molecule has 1 heterocycles.